The van der Waals surface area contributed by atoms with Gasteiger partial charge in [0.1, 0.15) is 23.0 Å². The van der Waals surface area contributed by atoms with E-state index in [-0.39, 0.29) is 5.41 Å². The largest absolute Gasteiger partial charge is 0.497 e. The van der Waals surface area contributed by atoms with Gasteiger partial charge in [-0.05, 0) is 77.7 Å². The molecule has 37 heavy (non-hydrogen) atoms. The number of benzene rings is 3. The molecule has 6 nitrogen and oxygen atoms in total. The van der Waals surface area contributed by atoms with Crippen molar-refractivity contribution in [1.29, 1.82) is 0 Å². The topological polar surface area (TPSA) is 54.7 Å². The van der Waals surface area contributed by atoms with Crippen molar-refractivity contribution in [3.05, 3.63) is 83.6 Å². The predicted octanol–water partition coefficient (Wildman–Crippen LogP) is 7.04. The zero-order chi connectivity index (χ0) is 26.6. The Hall–Kier alpha value is -4.19. The molecule has 0 saturated carbocycles. The zero-order valence-corrected chi connectivity index (χ0v) is 22.5. The summed E-state index contributed by atoms with van der Waals surface area (Å²) < 4.78 is 24.1. The summed E-state index contributed by atoms with van der Waals surface area (Å²) in [4.78, 5) is 0. The Morgan fingerprint density at radius 1 is 0.676 bits per heavy atom. The minimum absolute atomic E-state index is 0.0607. The number of ether oxygens (including phenoxy) is 4. The van der Waals surface area contributed by atoms with Crippen molar-refractivity contribution in [2.75, 3.05) is 28.4 Å². The van der Waals surface area contributed by atoms with Crippen molar-refractivity contribution < 1.29 is 18.9 Å². The molecule has 1 heterocycles. The number of aromatic nitrogens is 2. The van der Waals surface area contributed by atoms with Crippen LogP contribution in [-0.2, 0) is 5.41 Å². The Labute approximate surface area is 219 Å². The summed E-state index contributed by atoms with van der Waals surface area (Å²) in [6.07, 6.45) is 3.94. The zero-order valence-electron chi connectivity index (χ0n) is 22.5. The highest BCUT2D eigenvalue weighted by molar-refractivity contribution is 5.77. The summed E-state index contributed by atoms with van der Waals surface area (Å²) in [5.41, 5.74) is 5.71. The Morgan fingerprint density at radius 2 is 1.30 bits per heavy atom. The normalized spacial score (nSPS) is 11.5. The van der Waals surface area contributed by atoms with Gasteiger partial charge in [0.2, 0.25) is 0 Å². The van der Waals surface area contributed by atoms with Crippen LogP contribution in [0, 0.1) is 0 Å². The third kappa shape index (κ3) is 5.64. The standard InChI is InChI=1S/C31H34N2O4/c1-31(2,3)22-9-12-24(13-10-22)33-28(27-20-26(35-5)15-17-30(27)37-7)19-23(32-33)11-8-21-18-25(34-4)14-16-29(21)36-6/h8-20H,1-7H3. The van der Waals surface area contributed by atoms with Crippen molar-refractivity contribution in [3.8, 4) is 39.9 Å². The maximum absolute atomic E-state index is 5.70. The molecule has 0 radical (unpaired) electrons. The summed E-state index contributed by atoms with van der Waals surface area (Å²) in [6, 6.07) is 22.0. The van der Waals surface area contributed by atoms with E-state index in [2.05, 4.69) is 45.0 Å². The van der Waals surface area contributed by atoms with E-state index >= 15 is 0 Å². The molecule has 0 atom stereocenters. The van der Waals surface area contributed by atoms with E-state index in [1.807, 2.05) is 59.3 Å². The Morgan fingerprint density at radius 3 is 1.89 bits per heavy atom. The first-order valence-corrected chi connectivity index (χ1v) is 12.1. The van der Waals surface area contributed by atoms with Gasteiger partial charge in [-0.1, -0.05) is 32.9 Å². The summed E-state index contributed by atoms with van der Waals surface area (Å²) in [5, 5.41) is 4.95. The second-order valence-electron chi connectivity index (χ2n) is 9.67. The average Bonchev–Trinajstić information content (AvgIpc) is 3.35. The van der Waals surface area contributed by atoms with E-state index in [1.165, 1.54) is 5.56 Å². The van der Waals surface area contributed by atoms with Gasteiger partial charge in [0.25, 0.3) is 0 Å². The first-order chi connectivity index (χ1) is 17.8. The average molecular weight is 499 g/mol. The van der Waals surface area contributed by atoms with Crippen LogP contribution in [0.3, 0.4) is 0 Å². The van der Waals surface area contributed by atoms with E-state index in [4.69, 9.17) is 24.0 Å². The smallest absolute Gasteiger partial charge is 0.128 e. The van der Waals surface area contributed by atoms with Crippen LogP contribution in [0.2, 0.25) is 0 Å². The van der Waals surface area contributed by atoms with Gasteiger partial charge in [0.15, 0.2) is 0 Å². The van der Waals surface area contributed by atoms with E-state index in [0.717, 1.165) is 51.2 Å². The van der Waals surface area contributed by atoms with Crippen LogP contribution in [0.1, 0.15) is 37.6 Å². The van der Waals surface area contributed by atoms with E-state index < -0.39 is 0 Å². The number of rotatable bonds is 8. The molecular weight excluding hydrogens is 464 g/mol. The van der Waals surface area contributed by atoms with E-state index in [1.54, 1.807) is 28.4 Å². The molecule has 0 fully saturated rings. The SMILES string of the molecule is COc1ccc(OC)c(C=Cc2cc(-c3cc(OC)ccc3OC)n(-c3ccc(C(C)(C)C)cc3)n2)c1. The lowest BCUT2D eigenvalue weighted by Gasteiger charge is -2.19. The van der Waals surface area contributed by atoms with Gasteiger partial charge in [-0.25, -0.2) is 4.68 Å². The number of methoxy groups -OCH3 is 4. The van der Waals surface area contributed by atoms with Crippen LogP contribution in [0.25, 0.3) is 29.1 Å². The maximum atomic E-state index is 5.70. The maximum Gasteiger partial charge on any atom is 0.128 e. The van der Waals surface area contributed by atoms with Gasteiger partial charge < -0.3 is 18.9 Å². The molecule has 0 saturated heterocycles. The fourth-order valence-corrected chi connectivity index (χ4v) is 4.13. The first kappa shape index (κ1) is 25.9. The van der Waals surface area contributed by atoms with Crippen molar-refractivity contribution in [1.82, 2.24) is 9.78 Å². The molecule has 0 aliphatic heterocycles. The number of hydrogen-bond donors (Lipinski definition) is 0. The Kier molecular flexibility index (Phi) is 7.58. The van der Waals surface area contributed by atoms with Crippen LogP contribution in [-0.4, -0.2) is 38.2 Å². The summed E-state index contributed by atoms with van der Waals surface area (Å²) >= 11 is 0. The van der Waals surface area contributed by atoms with Crippen LogP contribution in [0.15, 0.2) is 66.7 Å². The lowest BCUT2D eigenvalue weighted by Crippen LogP contribution is -2.11. The molecule has 4 rings (SSSR count). The molecule has 192 valence electrons. The van der Waals surface area contributed by atoms with Crippen molar-refractivity contribution >= 4 is 12.2 Å². The number of hydrogen-bond acceptors (Lipinski definition) is 5. The van der Waals surface area contributed by atoms with Gasteiger partial charge in [0, 0.05) is 11.1 Å². The van der Waals surface area contributed by atoms with Crippen molar-refractivity contribution in [2.45, 2.75) is 26.2 Å². The molecule has 6 heteroatoms. The van der Waals surface area contributed by atoms with Crippen LogP contribution in [0.5, 0.6) is 23.0 Å². The second-order valence-corrected chi connectivity index (χ2v) is 9.67. The van der Waals surface area contributed by atoms with Crippen molar-refractivity contribution in [2.24, 2.45) is 0 Å². The summed E-state index contributed by atoms with van der Waals surface area (Å²) in [6.45, 7) is 6.62. The predicted molar refractivity (Wildman–Crippen MR) is 149 cm³/mol. The highest BCUT2D eigenvalue weighted by Crippen LogP contribution is 2.36. The minimum Gasteiger partial charge on any atom is -0.497 e. The van der Waals surface area contributed by atoms with Gasteiger partial charge in [-0.15, -0.1) is 0 Å². The monoisotopic (exact) mass is 498 g/mol. The van der Waals surface area contributed by atoms with E-state index in [9.17, 15) is 0 Å². The lowest BCUT2D eigenvalue weighted by atomic mass is 9.87. The highest BCUT2D eigenvalue weighted by atomic mass is 16.5. The quantitative estimate of drug-likeness (QED) is 0.261. The molecule has 0 bridgehead atoms. The molecule has 4 aromatic rings. The first-order valence-electron chi connectivity index (χ1n) is 12.1. The fraction of sp³-hybridized carbons (Fsp3) is 0.258. The summed E-state index contributed by atoms with van der Waals surface area (Å²) in [5.74, 6) is 2.98. The van der Waals surface area contributed by atoms with Crippen molar-refractivity contribution in [3.63, 3.8) is 0 Å². The number of nitrogens with zero attached hydrogens (tertiary/aromatic N) is 2. The molecule has 3 aromatic carbocycles. The fourth-order valence-electron chi connectivity index (χ4n) is 4.13. The summed E-state index contributed by atoms with van der Waals surface area (Å²) in [7, 11) is 6.63. The molecule has 0 unspecified atom stereocenters. The minimum atomic E-state index is 0.0607. The molecular formula is C31H34N2O4. The Bertz CT molecular complexity index is 1400. The van der Waals surface area contributed by atoms with Crippen LogP contribution in [0.4, 0.5) is 0 Å². The van der Waals surface area contributed by atoms with Gasteiger partial charge in [-0.3, -0.25) is 0 Å². The van der Waals surface area contributed by atoms with Gasteiger partial charge in [-0.2, -0.15) is 5.10 Å². The second kappa shape index (κ2) is 10.8. The van der Waals surface area contributed by atoms with Crippen LogP contribution >= 0.6 is 0 Å². The Balaban J connectivity index is 1.85. The van der Waals surface area contributed by atoms with Gasteiger partial charge in [0.05, 0.1) is 45.5 Å². The third-order valence-electron chi connectivity index (χ3n) is 6.26. The molecule has 0 aliphatic rings. The molecule has 0 N–H and O–H groups in total. The lowest BCUT2D eigenvalue weighted by molar-refractivity contribution is 0.402. The van der Waals surface area contributed by atoms with Crippen LogP contribution < -0.4 is 18.9 Å². The van der Waals surface area contributed by atoms with E-state index in [0.29, 0.717) is 0 Å². The molecule has 0 amide bonds. The van der Waals surface area contributed by atoms with Gasteiger partial charge >= 0.3 is 0 Å². The highest BCUT2D eigenvalue weighted by Gasteiger charge is 2.18. The molecule has 0 aliphatic carbocycles. The third-order valence-corrected chi connectivity index (χ3v) is 6.26. The molecule has 1 aromatic heterocycles. The molecule has 0 spiro atoms.